The van der Waals surface area contributed by atoms with Crippen LogP contribution in [0.15, 0.2) is 42.5 Å². The number of carbonyl (C=O) groups is 1. The van der Waals surface area contributed by atoms with Gasteiger partial charge >= 0.3 is 5.97 Å². The van der Waals surface area contributed by atoms with Crippen LogP contribution in [-0.2, 0) is 16.0 Å². The van der Waals surface area contributed by atoms with Crippen molar-refractivity contribution in [1.82, 2.24) is 0 Å². The maximum atomic E-state index is 12.5. The molecule has 4 heteroatoms. The third kappa shape index (κ3) is 3.72. The van der Waals surface area contributed by atoms with Gasteiger partial charge < -0.3 is 14.7 Å². The van der Waals surface area contributed by atoms with Crippen molar-refractivity contribution >= 4 is 17.3 Å². The van der Waals surface area contributed by atoms with E-state index in [1.54, 1.807) is 0 Å². The number of aryl methyl sites for hydroxylation is 1. The molecular weight excluding hydrogens is 338 g/mol. The minimum Gasteiger partial charge on any atom is -0.444 e. The molecule has 1 aliphatic rings. The number of nitrogens with zero attached hydrogens (tertiary/aromatic N) is 1. The molecule has 27 heavy (non-hydrogen) atoms. The van der Waals surface area contributed by atoms with E-state index in [1.807, 2.05) is 62.1 Å². The Hall–Kier alpha value is -2.33. The number of anilines is 2. The summed E-state index contributed by atoms with van der Waals surface area (Å²) in [6, 6.07) is 13.9. The summed E-state index contributed by atoms with van der Waals surface area (Å²) in [7, 11) is 0. The van der Waals surface area contributed by atoms with E-state index < -0.39 is 6.10 Å². The van der Waals surface area contributed by atoms with Crippen molar-refractivity contribution in [3.8, 4) is 0 Å². The van der Waals surface area contributed by atoms with E-state index in [9.17, 15) is 9.90 Å². The third-order valence-corrected chi connectivity index (χ3v) is 5.49. The van der Waals surface area contributed by atoms with Gasteiger partial charge in [-0.05, 0) is 36.5 Å². The second-order valence-electron chi connectivity index (χ2n) is 7.49. The minimum absolute atomic E-state index is 0.0995. The number of hydrogen-bond acceptors (Lipinski definition) is 4. The summed E-state index contributed by atoms with van der Waals surface area (Å²) in [5, 5.41) is 10.9. The van der Waals surface area contributed by atoms with E-state index in [4.69, 9.17) is 4.74 Å². The van der Waals surface area contributed by atoms with Crippen LogP contribution in [0.2, 0.25) is 0 Å². The molecule has 2 aromatic rings. The predicted molar refractivity (Wildman–Crippen MR) is 108 cm³/mol. The fraction of sp³-hybridized carbons (Fsp3) is 0.435. The third-order valence-electron chi connectivity index (χ3n) is 5.49. The number of hydrogen-bond donors (Lipinski definition) is 1. The second kappa shape index (κ2) is 8.13. The molecule has 0 aliphatic carbocycles. The molecule has 2 unspecified atom stereocenters. The van der Waals surface area contributed by atoms with Gasteiger partial charge in [-0.15, -0.1) is 0 Å². The van der Waals surface area contributed by atoms with Crippen LogP contribution in [0.5, 0.6) is 0 Å². The molecule has 0 aromatic heterocycles. The van der Waals surface area contributed by atoms with Crippen molar-refractivity contribution in [2.24, 2.45) is 11.8 Å². The molecule has 1 N–H and O–H groups in total. The van der Waals surface area contributed by atoms with E-state index in [-0.39, 0.29) is 24.5 Å². The van der Waals surface area contributed by atoms with Gasteiger partial charge in [0.15, 0.2) is 6.73 Å². The fourth-order valence-corrected chi connectivity index (χ4v) is 3.84. The van der Waals surface area contributed by atoms with Gasteiger partial charge in [-0.25, -0.2) is 0 Å². The summed E-state index contributed by atoms with van der Waals surface area (Å²) in [5.41, 5.74) is 4.65. The number of fused-ring (bicyclic) bond motifs is 2. The topological polar surface area (TPSA) is 49.8 Å². The highest BCUT2D eigenvalue weighted by Gasteiger charge is 2.30. The summed E-state index contributed by atoms with van der Waals surface area (Å²) in [6.07, 6.45) is 1.000. The quantitative estimate of drug-likeness (QED) is 0.733. The van der Waals surface area contributed by atoms with Crippen molar-refractivity contribution in [2.75, 3.05) is 11.6 Å². The van der Waals surface area contributed by atoms with Crippen molar-refractivity contribution < 1.29 is 14.6 Å². The molecule has 0 radical (unpaired) electrons. The first-order chi connectivity index (χ1) is 13.0. The van der Waals surface area contributed by atoms with Crippen molar-refractivity contribution in [2.45, 2.75) is 46.6 Å². The van der Waals surface area contributed by atoms with Crippen LogP contribution in [-0.4, -0.2) is 17.8 Å². The molecule has 0 amide bonds. The molecule has 1 aliphatic heterocycles. The maximum absolute atomic E-state index is 12.5. The Balaban J connectivity index is 1.93. The van der Waals surface area contributed by atoms with Crippen LogP contribution in [0.4, 0.5) is 11.4 Å². The molecule has 144 valence electrons. The van der Waals surface area contributed by atoms with E-state index in [1.165, 1.54) is 5.56 Å². The molecule has 4 nitrogen and oxygen atoms in total. The van der Waals surface area contributed by atoms with Gasteiger partial charge in [-0.3, -0.25) is 4.79 Å². The number of carbonyl (C=O) groups excluding carboxylic acids is 1. The molecular formula is C23H29NO3. The lowest BCUT2D eigenvalue weighted by atomic mass is 9.91. The van der Waals surface area contributed by atoms with E-state index in [0.717, 1.165) is 35.3 Å². The Labute approximate surface area is 161 Å². The van der Waals surface area contributed by atoms with Crippen molar-refractivity contribution in [3.63, 3.8) is 0 Å². The predicted octanol–water partition coefficient (Wildman–Crippen LogP) is 4.97. The van der Waals surface area contributed by atoms with Gasteiger partial charge in [0.25, 0.3) is 0 Å². The number of benzene rings is 2. The standard InChI is InChI=1S/C23H29NO3/c1-5-16-11-12-21-19(13-16)22(25)18-9-7-8-10-20(18)24(21)14-27-23(26)17(6-2)15(3)4/h7-13,15,17,22,25H,5-6,14H2,1-4H3. The van der Waals surface area contributed by atoms with Gasteiger partial charge in [-0.1, -0.05) is 58.0 Å². The number of aliphatic hydroxyl groups excluding tert-OH is 1. The molecule has 2 aromatic carbocycles. The van der Waals surface area contributed by atoms with Crippen LogP contribution >= 0.6 is 0 Å². The lowest BCUT2D eigenvalue weighted by Gasteiger charge is -2.35. The Morgan fingerprint density at radius 2 is 1.81 bits per heavy atom. The number of aliphatic hydroxyl groups is 1. The van der Waals surface area contributed by atoms with Gasteiger partial charge in [0.2, 0.25) is 0 Å². The van der Waals surface area contributed by atoms with Gasteiger partial charge in [0.1, 0.15) is 6.10 Å². The fourth-order valence-electron chi connectivity index (χ4n) is 3.84. The van der Waals surface area contributed by atoms with Crippen molar-refractivity contribution in [1.29, 1.82) is 0 Å². The first-order valence-corrected chi connectivity index (χ1v) is 9.81. The largest absolute Gasteiger partial charge is 0.444 e. The molecule has 1 heterocycles. The minimum atomic E-state index is -0.672. The Kier molecular flexibility index (Phi) is 5.85. The highest BCUT2D eigenvalue weighted by atomic mass is 16.5. The zero-order valence-corrected chi connectivity index (χ0v) is 16.6. The molecule has 0 bridgehead atoms. The van der Waals surface area contributed by atoms with Gasteiger partial charge in [0.05, 0.1) is 17.3 Å². The molecule has 0 spiro atoms. The molecule has 0 saturated heterocycles. The van der Waals surface area contributed by atoms with Crippen LogP contribution < -0.4 is 4.90 Å². The van der Waals surface area contributed by atoms with Crippen LogP contribution in [0.3, 0.4) is 0 Å². The lowest BCUT2D eigenvalue weighted by molar-refractivity contribution is -0.150. The summed E-state index contributed by atoms with van der Waals surface area (Å²) in [6.45, 7) is 8.35. The zero-order chi connectivity index (χ0) is 19.6. The zero-order valence-electron chi connectivity index (χ0n) is 16.6. The second-order valence-corrected chi connectivity index (χ2v) is 7.49. The molecule has 3 rings (SSSR count). The smallest absolute Gasteiger partial charge is 0.310 e. The first-order valence-electron chi connectivity index (χ1n) is 9.81. The van der Waals surface area contributed by atoms with Gasteiger partial charge in [0, 0.05) is 11.1 Å². The number of rotatable bonds is 6. The van der Waals surface area contributed by atoms with E-state index in [0.29, 0.717) is 0 Å². The summed E-state index contributed by atoms with van der Waals surface area (Å²) in [5.74, 6) is -0.0160. The van der Waals surface area contributed by atoms with Crippen molar-refractivity contribution in [3.05, 3.63) is 59.2 Å². The molecule has 0 saturated carbocycles. The normalized spacial score (nSPS) is 16.7. The number of para-hydroxylation sites is 1. The van der Waals surface area contributed by atoms with Crippen LogP contribution in [0.1, 0.15) is 56.9 Å². The summed E-state index contributed by atoms with van der Waals surface area (Å²) < 4.78 is 5.71. The van der Waals surface area contributed by atoms with E-state index in [2.05, 4.69) is 13.0 Å². The molecule has 2 atom stereocenters. The van der Waals surface area contributed by atoms with E-state index >= 15 is 0 Å². The van der Waals surface area contributed by atoms with Crippen LogP contribution in [0.25, 0.3) is 0 Å². The monoisotopic (exact) mass is 367 g/mol. The Bertz CT molecular complexity index is 815. The number of ether oxygens (including phenoxy) is 1. The lowest BCUT2D eigenvalue weighted by Crippen LogP contribution is -2.31. The van der Waals surface area contributed by atoms with Gasteiger partial charge in [-0.2, -0.15) is 0 Å². The Morgan fingerprint density at radius 1 is 1.11 bits per heavy atom. The summed E-state index contributed by atoms with van der Waals surface area (Å²) in [4.78, 5) is 14.5. The Morgan fingerprint density at radius 3 is 2.48 bits per heavy atom. The highest BCUT2D eigenvalue weighted by molar-refractivity contribution is 5.77. The SMILES string of the molecule is CCc1ccc2c(c1)C(O)c1ccccc1N2COC(=O)C(CC)C(C)C. The maximum Gasteiger partial charge on any atom is 0.310 e. The van der Waals surface area contributed by atoms with Crippen LogP contribution in [0, 0.1) is 11.8 Å². The first kappa shape index (κ1) is 19.4. The molecule has 0 fully saturated rings. The average Bonchev–Trinajstić information content (AvgIpc) is 2.68. The number of esters is 1. The summed E-state index contributed by atoms with van der Waals surface area (Å²) >= 11 is 0. The average molecular weight is 367 g/mol. The highest BCUT2D eigenvalue weighted by Crippen LogP contribution is 2.44.